The molecule has 3 aromatic rings. The first kappa shape index (κ1) is 16.0. The number of aromatic nitrogens is 1. The lowest BCUT2D eigenvalue weighted by Crippen LogP contribution is -2.51. The SMILES string of the molecule is Nc1cccc(C23CCCC(C2)N(Cc2c[nH]c4ccccc24)CC3)c1. The minimum Gasteiger partial charge on any atom is -0.399 e. The van der Waals surface area contributed by atoms with Crippen molar-refractivity contribution in [3.63, 3.8) is 0 Å². The highest BCUT2D eigenvalue weighted by Crippen LogP contribution is 2.47. The molecule has 2 aromatic carbocycles. The molecule has 2 atom stereocenters. The van der Waals surface area contributed by atoms with Crippen molar-refractivity contribution in [2.75, 3.05) is 12.3 Å². The Morgan fingerprint density at radius 1 is 1.12 bits per heavy atom. The number of nitrogens with two attached hydrogens (primary N) is 1. The summed E-state index contributed by atoms with van der Waals surface area (Å²) in [5, 5.41) is 1.37. The topological polar surface area (TPSA) is 45.0 Å². The van der Waals surface area contributed by atoms with E-state index in [1.165, 1.54) is 60.7 Å². The zero-order valence-corrected chi connectivity index (χ0v) is 15.2. The number of fused-ring (bicyclic) bond motifs is 3. The molecule has 2 fully saturated rings. The summed E-state index contributed by atoms with van der Waals surface area (Å²) in [6.45, 7) is 2.24. The Balaban J connectivity index is 1.40. The van der Waals surface area contributed by atoms with Crippen LogP contribution in [-0.2, 0) is 12.0 Å². The maximum Gasteiger partial charge on any atom is 0.0457 e. The van der Waals surface area contributed by atoms with Gasteiger partial charge in [0, 0.05) is 35.4 Å². The van der Waals surface area contributed by atoms with E-state index in [0.29, 0.717) is 11.5 Å². The third-order valence-electron chi connectivity index (χ3n) is 6.76. The lowest BCUT2D eigenvalue weighted by molar-refractivity contribution is 0.0462. The highest BCUT2D eigenvalue weighted by atomic mass is 15.2. The Bertz CT molecular complexity index is 928. The Kier molecular flexibility index (Phi) is 3.79. The second-order valence-electron chi connectivity index (χ2n) is 8.24. The summed E-state index contributed by atoms with van der Waals surface area (Å²) in [4.78, 5) is 6.15. The fourth-order valence-electron chi connectivity index (χ4n) is 5.37. The van der Waals surface area contributed by atoms with Crippen molar-refractivity contribution in [2.45, 2.75) is 50.1 Å². The van der Waals surface area contributed by atoms with Gasteiger partial charge in [-0.3, -0.25) is 4.90 Å². The maximum absolute atomic E-state index is 6.09. The van der Waals surface area contributed by atoms with Crippen LogP contribution in [0.5, 0.6) is 0 Å². The molecule has 2 heterocycles. The van der Waals surface area contributed by atoms with Crippen LogP contribution in [0.4, 0.5) is 5.69 Å². The Labute approximate surface area is 155 Å². The minimum atomic E-state index is 0.342. The van der Waals surface area contributed by atoms with E-state index in [1.807, 2.05) is 6.07 Å². The molecule has 2 unspecified atom stereocenters. The predicted molar refractivity (Wildman–Crippen MR) is 108 cm³/mol. The van der Waals surface area contributed by atoms with Crippen LogP contribution in [0.15, 0.2) is 54.7 Å². The van der Waals surface area contributed by atoms with Gasteiger partial charge in [0.1, 0.15) is 0 Å². The summed E-state index contributed by atoms with van der Waals surface area (Å²) in [6.07, 6.45) is 8.69. The van der Waals surface area contributed by atoms with E-state index < -0.39 is 0 Å². The van der Waals surface area contributed by atoms with E-state index in [9.17, 15) is 0 Å². The Morgan fingerprint density at radius 2 is 2.04 bits per heavy atom. The smallest absolute Gasteiger partial charge is 0.0457 e. The third-order valence-corrected chi connectivity index (χ3v) is 6.76. The highest BCUT2D eigenvalue weighted by Gasteiger charge is 2.43. The minimum absolute atomic E-state index is 0.342. The van der Waals surface area contributed by atoms with E-state index in [4.69, 9.17) is 5.73 Å². The van der Waals surface area contributed by atoms with Crippen LogP contribution in [0.25, 0.3) is 10.9 Å². The molecule has 0 spiro atoms. The molecule has 2 bridgehead atoms. The van der Waals surface area contributed by atoms with Crippen LogP contribution in [-0.4, -0.2) is 22.5 Å². The summed E-state index contributed by atoms with van der Waals surface area (Å²) in [6, 6.07) is 18.0. The largest absolute Gasteiger partial charge is 0.399 e. The number of hydrogen-bond acceptors (Lipinski definition) is 2. The molecule has 1 saturated heterocycles. The Morgan fingerprint density at radius 3 is 2.96 bits per heavy atom. The zero-order chi connectivity index (χ0) is 17.6. The number of nitrogens with zero attached hydrogens (tertiary/aromatic N) is 1. The van der Waals surface area contributed by atoms with E-state index in [-0.39, 0.29) is 0 Å². The maximum atomic E-state index is 6.09. The molecule has 3 N–H and O–H groups in total. The number of para-hydroxylation sites is 1. The van der Waals surface area contributed by atoms with Gasteiger partial charge in [0.15, 0.2) is 0 Å². The molecule has 2 aliphatic rings. The average molecular weight is 345 g/mol. The van der Waals surface area contributed by atoms with Crippen molar-refractivity contribution in [3.8, 4) is 0 Å². The zero-order valence-electron chi connectivity index (χ0n) is 15.2. The molecule has 5 rings (SSSR count). The van der Waals surface area contributed by atoms with Gasteiger partial charge >= 0.3 is 0 Å². The van der Waals surface area contributed by atoms with Gasteiger partial charge in [-0.05, 0) is 67.0 Å². The molecule has 0 radical (unpaired) electrons. The molecule has 0 amide bonds. The predicted octanol–water partition coefficient (Wildman–Crippen LogP) is 4.84. The molecule has 1 saturated carbocycles. The molecule has 26 heavy (non-hydrogen) atoms. The first-order chi connectivity index (χ1) is 12.7. The molecule has 3 nitrogen and oxygen atoms in total. The number of nitrogen functional groups attached to an aromatic ring is 1. The number of hydrogen-bond donors (Lipinski definition) is 2. The summed E-state index contributed by atoms with van der Waals surface area (Å²) in [5.41, 5.74) is 11.5. The molecule has 3 heteroatoms. The normalized spacial score (nSPS) is 26.2. The summed E-state index contributed by atoms with van der Waals surface area (Å²) < 4.78 is 0. The van der Waals surface area contributed by atoms with Crippen LogP contribution < -0.4 is 5.73 Å². The van der Waals surface area contributed by atoms with Crippen molar-refractivity contribution in [1.82, 2.24) is 9.88 Å². The molecule has 1 aliphatic heterocycles. The van der Waals surface area contributed by atoms with Crippen molar-refractivity contribution in [3.05, 3.63) is 65.9 Å². The highest BCUT2D eigenvalue weighted by molar-refractivity contribution is 5.82. The van der Waals surface area contributed by atoms with Gasteiger partial charge in [-0.15, -0.1) is 0 Å². The molecular weight excluding hydrogens is 318 g/mol. The molecule has 134 valence electrons. The van der Waals surface area contributed by atoms with Gasteiger partial charge in [0.2, 0.25) is 0 Å². The van der Waals surface area contributed by atoms with Crippen molar-refractivity contribution in [1.29, 1.82) is 0 Å². The summed E-state index contributed by atoms with van der Waals surface area (Å²) in [7, 11) is 0. The lowest BCUT2D eigenvalue weighted by atomic mass is 9.63. The van der Waals surface area contributed by atoms with Crippen LogP contribution in [0, 0.1) is 0 Å². The fraction of sp³-hybridized carbons (Fsp3) is 0.391. The number of nitrogens with one attached hydrogen (secondary N) is 1. The third kappa shape index (κ3) is 2.62. The quantitative estimate of drug-likeness (QED) is 0.667. The van der Waals surface area contributed by atoms with Crippen molar-refractivity contribution in [2.24, 2.45) is 0 Å². The van der Waals surface area contributed by atoms with Gasteiger partial charge in [-0.2, -0.15) is 0 Å². The molecular formula is C23H27N3. The number of aromatic amines is 1. The van der Waals surface area contributed by atoms with Crippen LogP contribution in [0.3, 0.4) is 0 Å². The van der Waals surface area contributed by atoms with Crippen LogP contribution in [0.1, 0.15) is 43.2 Å². The Hall–Kier alpha value is -2.26. The summed E-state index contributed by atoms with van der Waals surface area (Å²) >= 11 is 0. The van der Waals surface area contributed by atoms with Gasteiger partial charge < -0.3 is 10.7 Å². The molecule has 1 aromatic heterocycles. The van der Waals surface area contributed by atoms with Gasteiger partial charge in [-0.25, -0.2) is 0 Å². The monoisotopic (exact) mass is 345 g/mol. The first-order valence-corrected chi connectivity index (χ1v) is 9.89. The van der Waals surface area contributed by atoms with E-state index in [0.717, 1.165) is 12.2 Å². The van der Waals surface area contributed by atoms with Crippen LogP contribution in [0.2, 0.25) is 0 Å². The number of likely N-dealkylation sites (tertiary alicyclic amines) is 1. The second kappa shape index (κ2) is 6.17. The van der Waals surface area contributed by atoms with Gasteiger partial charge in [0.25, 0.3) is 0 Å². The molecule has 1 aliphatic carbocycles. The van der Waals surface area contributed by atoms with Crippen LogP contribution >= 0.6 is 0 Å². The van der Waals surface area contributed by atoms with E-state index >= 15 is 0 Å². The van der Waals surface area contributed by atoms with Crippen molar-refractivity contribution >= 4 is 16.6 Å². The second-order valence-corrected chi connectivity index (χ2v) is 8.24. The number of H-pyrrole nitrogens is 1. The standard InChI is InChI=1S/C23H27N3/c24-19-6-3-5-18(13-19)23-10-4-7-20(14-23)26(12-11-23)16-17-15-25-22-9-2-1-8-21(17)22/h1-3,5-6,8-9,13,15,20,25H,4,7,10-12,14,16,24H2. The first-order valence-electron chi connectivity index (χ1n) is 9.89. The number of benzene rings is 2. The number of anilines is 1. The fourth-order valence-corrected chi connectivity index (χ4v) is 5.37. The van der Waals surface area contributed by atoms with E-state index in [1.54, 1.807) is 0 Å². The average Bonchev–Trinajstić information content (AvgIpc) is 3.08. The number of rotatable bonds is 3. The lowest BCUT2D eigenvalue weighted by Gasteiger charge is -2.51. The van der Waals surface area contributed by atoms with Gasteiger partial charge in [-0.1, -0.05) is 36.8 Å². The number of piperidine rings is 1. The van der Waals surface area contributed by atoms with Gasteiger partial charge in [0.05, 0.1) is 0 Å². The van der Waals surface area contributed by atoms with Crippen molar-refractivity contribution < 1.29 is 0 Å². The van der Waals surface area contributed by atoms with E-state index in [2.05, 4.69) is 58.5 Å². The summed E-state index contributed by atoms with van der Waals surface area (Å²) in [5.74, 6) is 0.